The second-order valence-electron chi connectivity index (χ2n) is 5.06. The number of hydrogen-bond acceptors (Lipinski definition) is 5. The van der Waals surface area contributed by atoms with Crippen molar-refractivity contribution in [2.45, 2.75) is 13.1 Å². The highest BCUT2D eigenvalue weighted by Gasteiger charge is 2.08. The van der Waals surface area contributed by atoms with Gasteiger partial charge >= 0.3 is 0 Å². The summed E-state index contributed by atoms with van der Waals surface area (Å²) in [6.45, 7) is 0.779. The van der Waals surface area contributed by atoms with Crippen molar-refractivity contribution in [3.8, 4) is 5.75 Å². The van der Waals surface area contributed by atoms with Gasteiger partial charge in [0.2, 0.25) is 0 Å². The van der Waals surface area contributed by atoms with Crippen molar-refractivity contribution in [3.05, 3.63) is 59.7 Å². The van der Waals surface area contributed by atoms with Crippen molar-refractivity contribution in [2.75, 3.05) is 12.4 Å². The van der Waals surface area contributed by atoms with Crippen LogP contribution in [-0.4, -0.2) is 17.1 Å². The molecule has 0 bridgehead atoms. The first-order valence-electron chi connectivity index (χ1n) is 7.22. The molecule has 0 spiro atoms. The molecular weight excluding hydrogens is 295 g/mol. The van der Waals surface area contributed by atoms with Crippen LogP contribution in [-0.2, 0) is 13.1 Å². The molecule has 0 radical (unpaired) electrons. The van der Waals surface area contributed by atoms with Crippen LogP contribution in [0.4, 0.5) is 10.2 Å². The summed E-state index contributed by atoms with van der Waals surface area (Å²) < 4.78 is 18.7. The first-order chi connectivity index (χ1) is 11.2. The quantitative estimate of drug-likeness (QED) is 0.758. The number of fused-ring (bicyclic) bond motifs is 1. The molecule has 0 saturated heterocycles. The lowest BCUT2D eigenvalue weighted by atomic mass is 10.2. The number of methoxy groups -OCH3 is 1. The Morgan fingerprint density at radius 1 is 1.13 bits per heavy atom. The van der Waals surface area contributed by atoms with Crippen LogP contribution in [0.5, 0.6) is 5.75 Å². The zero-order valence-corrected chi connectivity index (χ0v) is 12.7. The van der Waals surface area contributed by atoms with E-state index in [-0.39, 0.29) is 12.4 Å². The zero-order chi connectivity index (χ0) is 16.2. The number of hydrogen-bond donors (Lipinski definition) is 2. The number of halogens is 1. The Kier molecular flexibility index (Phi) is 4.34. The maximum Gasteiger partial charge on any atom is 0.144 e. The Morgan fingerprint density at radius 3 is 2.61 bits per heavy atom. The van der Waals surface area contributed by atoms with Gasteiger partial charge in [0, 0.05) is 11.9 Å². The summed E-state index contributed by atoms with van der Waals surface area (Å²) in [6.07, 6.45) is 0. The van der Waals surface area contributed by atoms with E-state index in [1.165, 1.54) is 12.1 Å². The molecule has 1 heterocycles. The van der Waals surface area contributed by atoms with Gasteiger partial charge in [-0.3, -0.25) is 0 Å². The van der Waals surface area contributed by atoms with E-state index in [4.69, 9.17) is 10.5 Å². The Morgan fingerprint density at radius 2 is 1.91 bits per heavy atom. The number of nitrogens with one attached hydrogen (secondary N) is 1. The van der Waals surface area contributed by atoms with E-state index < -0.39 is 0 Å². The van der Waals surface area contributed by atoms with E-state index in [9.17, 15) is 4.39 Å². The minimum Gasteiger partial charge on any atom is -0.497 e. The molecule has 0 fully saturated rings. The largest absolute Gasteiger partial charge is 0.497 e. The molecule has 0 saturated carbocycles. The van der Waals surface area contributed by atoms with Gasteiger partial charge in [-0.05, 0) is 35.9 Å². The maximum atomic E-state index is 13.5. The van der Waals surface area contributed by atoms with Crippen LogP contribution in [0.15, 0.2) is 42.5 Å². The van der Waals surface area contributed by atoms with Crippen molar-refractivity contribution < 1.29 is 9.13 Å². The normalized spacial score (nSPS) is 10.7. The van der Waals surface area contributed by atoms with Gasteiger partial charge in [0.05, 0.1) is 19.2 Å². The third-order valence-corrected chi connectivity index (χ3v) is 3.51. The van der Waals surface area contributed by atoms with Crippen molar-refractivity contribution >= 4 is 16.7 Å². The van der Waals surface area contributed by atoms with Gasteiger partial charge in [0.25, 0.3) is 0 Å². The number of benzene rings is 2. The van der Waals surface area contributed by atoms with Crippen LogP contribution >= 0.6 is 0 Å². The van der Waals surface area contributed by atoms with E-state index in [1.807, 2.05) is 24.3 Å². The molecule has 1 aromatic heterocycles. The van der Waals surface area contributed by atoms with Crippen LogP contribution in [0.25, 0.3) is 10.9 Å². The van der Waals surface area contributed by atoms with Gasteiger partial charge in [-0.2, -0.15) is 0 Å². The Labute approximate surface area is 133 Å². The predicted octanol–water partition coefficient (Wildman–Crippen LogP) is 2.85. The molecule has 3 rings (SSSR count). The molecule has 5 nitrogen and oxygen atoms in total. The highest BCUT2D eigenvalue weighted by atomic mass is 19.1. The van der Waals surface area contributed by atoms with E-state index in [2.05, 4.69) is 15.3 Å². The van der Waals surface area contributed by atoms with Crippen molar-refractivity contribution in [1.29, 1.82) is 0 Å². The second kappa shape index (κ2) is 6.58. The maximum absolute atomic E-state index is 13.5. The van der Waals surface area contributed by atoms with E-state index in [0.717, 1.165) is 11.3 Å². The zero-order valence-electron chi connectivity index (χ0n) is 12.7. The monoisotopic (exact) mass is 312 g/mol. The Hall–Kier alpha value is -2.73. The fraction of sp³-hybridized carbons (Fsp3) is 0.176. The topological polar surface area (TPSA) is 73.1 Å². The van der Waals surface area contributed by atoms with Gasteiger partial charge in [-0.25, -0.2) is 14.4 Å². The molecule has 0 aliphatic carbocycles. The summed E-state index contributed by atoms with van der Waals surface area (Å²) in [6, 6.07) is 12.1. The average molecular weight is 312 g/mol. The first-order valence-corrected chi connectivity index (χ1v) is 7.22. The summed E-state index contributed by atoms with van der Waals surface area (Å²) in [5, 5.41) is 3.86. The third-order valence-electron chi connectivity index (χ3n) is 3.51. The van der Waals surface area contributed by atoms with Gasteiger partial charge in [0.15, 0.2) is 0 Å². The van der Waals surface area contributed by atoms with Crippen molar-refractivity contribution in [1.82, 2.24) is 9.97 Å². The van der Waals surface area contributed by atoms with Crippen LogP contribution in [0.3, 0.4) is 0 Å². The molecule has 23 heavy (non-hydrogen) atoms. The average Bonchev–Trinajstić information content (AvgIpc) is 2.60. The molecule has 0 amide bonds. The lowest BCUT2D eigenvalue weighted by Crippen LogP contribution is -2.08. The number of nitrogens with two attached hydrogens (primary N) is 1. The second-order valence-corrected chi connectivity index (χ2v) is 5.06. The fourth-order valence-electron chi connectivity index (χ4n) is 2.30. The van der Waals surface area contributed by atoms with Crippen molar-refractivity contribution in [3.63, 3.8) is 0 Å². The number of rotatable bonds is 5. The van der Waals surface area contributed by atoms with Crippen LogP contribution in [0, 0.1) is 5.82 Å². The van der Waals surface area contributed by atoms with Crippen molar-refractivity contribution in [2.24, 2.45) is 5.73 Å². The molecule has 0 aliphatic rings. The molecule has 0 aliphatic heterocycles. The highest BCUT2D eigenvalue weighted by molar-refractivity contribution is 5.89. The standard InChI is InChI=1S/C17H17FN4O/c1-23-13-5-2-11(3-6-13)10-20-17-14-8-12(18)4-7-15(14)21-16(9-19)22-17/h2-8H,9-10,19H2,1H3,(H,20,21,22). The fourth-order valence-corrected chi connectivity index (χ4v) is 2.30. The SMILES string of the molecule is COc1ccc(CNc2nc(CN)nc3ccc(F)cc23)cc1. The summed E-state index contributed by atoms with van der Waals surface area (Å²) in [4.78, 5) is 8.68. The first kappa shape index (κ1) is 15.2. The number of aromatic nitrogens is 2. The van der Waals surface area contributed by atoms with E-state index in [1.54, 1.807) is 13.2 Å². The molecule has 2 aromatic carbocycles. The van der Waals surface area contributed by atoms with E-state index in [0.29, 0.717) is 29.1 Å². The molecule has 118 valence electrons. The van der Waals surface area contributed by atoms with Crippen LogP contribution < -0.4 is 15.8 Å². The molecule has 0 atom stereocenters. The highest BCUT2D eigenvalue weighted by Crippen LogP contribution is 2.22. The summed E-state index contributed by atoms with van der Waals surface area (Å²) in [7, 11) is 1.63. The molecular formula is C17H17FN4O. The van der Waals surface area contributed by atoms with Crippen LogP contribution in [0.1, 0.15) is 11.4 Å². The summed E-state index contributed by atoms with van der Waals surface area (Å²) in [5.41, 5.74) is 7.36. The number of ether oxygens (including phenoxy) is 1. The van der Waals surface area contributed by atoms with E-state index >= 15 is 0 Å². The molecule has 0 unspecified atom stereocenters. The molecule has 6 heteroatoms. The smallest absolute Gasteiger partial charge is 0.144 e. The minimum absolute atomic E-state index is 0.227. The third kappa shape index (κ3) is 3.37. The summed E-state index contributed by atoms with van der Waals surface area (Å²) >= 11 is 0. The van der Waals surface area contributed by atoms with Gasteiger partial charge in [-0.1, -0.05) is 12.1 Å². The van der Waals surface area contributed by atoms with Gasteiger partial charge < -0.3 is 15.8 Å². The summed E-state index contributed by atoms with van der Waals surface area (Å²) in [5.74, 6) is 1.56. The minimum atomic E-state index is -0.325. The Bertz CT molecular complexity index is 821. The lowest BCUT2D eigenvalue weighted by molar-refractivity contribution is 0.414. The van der Waals surface area contributed by atoms with Gasteiger partial charge in [-0.15, -0.1) is 0 Å². The van der Waals surface area contributed by atoms with Gasteiger partial charge in [0.1, 0.15) is 23.2 Å². The lowest BCUT2D eigenvalue weighted by Gasteiger charge is -2.11. The predicted molar refractivity (Wildman–Crippen MR) is 87.7 cm³/mol. The molecule has 3 aromatic rings. The number of anilines is 1. The Balaban J connectivity index is 1.89. The number of nitrogens with zero attached hydrogens (tertiary/aromatic N) is 2. The molecule has 3 N–H and O–H groups in total. The van der Waals surface area contributed by atoms with Crippen LogP contribution in [0.2, 0.25) is 0 Å².